The van der Waals surface area contributed by atoms with E-state index in [0.717, 1.165) is 23.6 Å². The number of guanidine groups is 1. The second-order valence-electron chi connectivity index (χ2n) is 6.46. The van der Waals surface area contributed by atoms with Gasteiger partial charge in [0.15, 0.2) is 17.5 Å². The highest BCUT2D eigenvalue weighted by atomic mass is 127. The SMILES string of the molecule is CCNC(=NCCc1ccc(OC)c(OC)c1OC)N(C)Cc1ccc(F)cc1.I. The summed E-state index contributed by atoms with van der Waals surface area (Å²) < 4.78 is 29.4. The zero-order chi connectivity index (χ0) is 21.2. The lowest BCUT2D eigenvalue weighted by molar-refractivity contribution is 0.322. The molecule has 0 aromatic heterocycles. The number of aliphatic imine (C=N–C) groups is 1. The molecule has 6 nitrogen and oxygen atoms in total. The summed E-state index contributed by atoms with van der Waals surface area (Å²) in [6.45, 7) is 3.98. The monoisotopic (exact) mass is 531 g/mol. The van der Waals surface area contributed by atoms with Crippen LogP contribution in [0, 0.1) is 5.82 Å². The van der Waals surface area contributed by atoms with E-state index in [-0.39, 0.29) is 29.8 Å². The van der Waals surface area contributed by atoms with Crippen LogP contribution < -0.4 is 19.5 Å². The van der Waals surface area contributed by atoms with E-state index in [0.29, 0.717) is 36.8 Å². The van der Waals surface area contributed by atoms with Crippen LogP contribution in [0.5, 0.6) is 17.2 Å². The van der Waals surface area contributed by atoms with Gasteiger partial charge >= 0.3 is 0 Å². The molecule has 8 heteroatoms. The summed E-state index contributed by atoms with van der Waals surface area (Å²) in [5, 5.41) is 3.30. The topological polar surface area (TPSA) is 55.3 Å². The molecular weight excluding hydrogens is 500 g/mol. The fourth-order valence-electron chi connectivity index (χ4n) is 3.05. The average molecular weight is 531 g/mol. The maximum Gasteiger partial charge on any atom is 0.203 e. The highest BCUT2D eigenvalue weighted by molar-refractivity contribution is 14.0. The molecule has 0 unspecified atom stereocenters. The normalized spacial score (nSPS) is 10.8. The van der Waals surface area contributed by atoms with Crippen molar-refractivity contribution >= 4 is 29.9 Å². The first-order valence-electron chi connectivity index (χ1n) is 9.55. The van der Waals surface area contributed by atoms with Gasteiger partial charge < -0.3 is 24.4 Å². The van der Waals surface area contributed by atoms with Crippen LogP contribution in [-0.2, 0) is 13.0 Å². The van der Waals surface area contributed by atoms with Crippen molar-refractivity contribution in [2.24, 2.45) is 4.99 Å². The number of ether oxygens (including phenoxy) is 3. The second-order valence-corrected chi connectivity index (χ2v) is 6.46. The molecule has 0 atom stereocenters. The lowest BCUT2D eigenvalue weighted by atomic mass is 10.1. The third kappa shape index (κ3) is 6.93. The van der Waals surface area contributed by atoms with E-state index >= 15 is 0 Å². The van der Waals surface area contributed by atoms with Crippen LogP contribution >= 0.6 is 24.0 Å². The van der Waals surface area contributed by atoms with Crippen molar-refractivity contribution in [1.82, 2.24) is 10.2 Å². The van der Waals surface area contributed by atoms with Crippen LogP contribution in [0.2, 0.25) is 0 Å². The fourth-order valence-corrected chi connectivity index (χ4v) is 3.05. The molecule has 1 N–H and O–H groups in total. The Hall–Kier alpha value is -2.23. The number of nitrogens with zero attached hydrogens (tertiary/aromatic N) is 2. The van der Waals surface area contributed by atoms with Gasteiger partial charge in [0, 0.05) is 32.2 Å². The van der Waals surface area contributed by atoms with Gasteiger partial charge in [-0.1, -0.05) is 18.2 Å². The lowest BCUT2D eigenvalue weighted by Crippen LogP contribution is -2.38. The predicted molar refractivity (Wildman–Crippen MR) is 129 cm³/mol. The van der Waals surface area contributed by atoms with Gasteiger partial charge in [-0.25, -0.2) is 4.39 Å². The van der Waals surface area contributed by atoms with Crippen molar-refractivity contribution in [1.29, 1.82) is 0 Å². The molecule has 0 aliphatic heterocycles. The maximum atomic E-state index is 13.1. The molecule has 0 aliphatic carbocycles. The highest BCUT2D eigenvalue weighted by Gasteiger charge is 2.15. The summed E-state index contributed by atoms with van der Waals surface area (Å²) in [7, 11) is 6.77. The van der Waals surface area contributed by atoms with Gasteiger partial charge in [0.2, 0.25) is 5.75 Å². The highest BCUT2D eigenvalue weighted by Crippen LogP contribution is 2.39. The summed E-state index contributed by atoms with van der Waals surface area (Å²) >= 11 is 0. The van der Waals surface area contributed by atoms with Crippen molar-refractivity contribution in [2.45, 2.75) is 19.9 Å². The van der Waals surface area contributed by atoms with Crippen LogP contribution in [0.3, 0.4) is 0 Å². The molecule has 0 saturated carbocycles. The molecular formula is C22H31FIN3O3. The summed E-state index contributed by atoms with van der Waals surface area (Å²) in [6, 6.07) is 10.3. The van der Waals surface area contributed by atoms with Crippen LogP contribution in [0.4, 0.5) is 4.39 Å². The molecule has 2 aromatic rings. The molecule has 0 amide bonds. The van der Waals surface area contributed by atoms with Gasteiger partial charge in [0.05, 0.1) is 21.3 Å². The Labute approximate surface area is 195 Å². The number of hydrogen-bond donors (Lipinski definition) is 1. The molecule has 2 rings (SSSR count). The zero-order valence-electron chi connectivity index (χ0n) is 18.2. The first-order valence-corrected chi connectivity index (χ1v) is 9.55. The van der Waals surface area contributed by atoms with E-state index in [9.17, 15) is 4.39 Å². The van der Waals surface area contributed by atoms with Crippen molar-refractivity contribution in [3.05, 3.63) is 53.3 Å². The fraction of sp³-hybridized carbons (Fsp3) is 0.409. The first kappa shape index (κ1) is 25.8. The van der Waals surface area contributed by atoms with E-state index in [4.69, 9.17) is 19.2 Å². The van der Waals surface area contributed by atoms with Gasteiger partial charge in [-0.15, -0.1) is 24.0 Å². The molecule has 0 radical (unpaired) electrons. The standard InChI is InChI=1S/C22H30FN3O3.HI/c1-6-24-22(26(2)15-16-7-10-18(23)11-8-16)25-14-13-17-9-12-19(27-3)21(29-5)20(17)28-4;/h7-12H,6,13-15H2,1-5H3,(H,24,25);1H. The predicted octanol–water partition coefficient (Wildman–Crippen LogP) is 4.11. The Bertz CT molecular complexity index is 816. The van der Waals surface area contributed by atoms with E-state index in [1.807, 2.05) is 31.0 Å². The molecule has 0 spiro atoms. The van der Waals surface area contributed by atoms with Gasteiger partial charge in [0.25, 0.3) is 0 Å². The number of hydrogen-bond acceptors (Lipinski definition) is 4. The maximum absolute atomic E-state index is 13.1. The summed E-state index contributed by atoms with van der Waals surface area (Å²) in [4.78, 5) is 6.74. The largest absolute Gasteiger partial charge is 0.493 e. The third-order valence-electron chi connectivity index (χ3n) is 4.46. The van der Waals surface area contributed by atoms with Crippen LogP contribution in [0.15, 0.2) is 41.4 Å². The van der Waals surface area contributed by atoms with Gasteiger partial charge in [-0.3, -0.25) is 4.99 Å². The van der Waals surface area contributed by atoms with Crippen LogP contribution in [-0.4, -0.2) is 52.3 Å². The molecule has 2 aromatic carbocycles. The number of halogens is 2. The van der Waals surface area contributed by atoms with Crippen LogP contribution in [0.25, 0.3) is 0 Å². The lowest BCUT2D eigenvalue weighted by Gasteiger charge is -2.22. The smallest absolute Gasteiger partial charge is 0.203 e. The summed E-state index contributed by atoms with van der Waals surface area (Å²) in [5.74, 6) is 2.42. The summed E-state index contributed by atoms with van der Waals surface area (Å²) in [5.41, 5.74) is 2.01. The Balaban J connectivity index is 0.00000450. The van der Waals surface area contributed by atoms with Crippen molar-refractivity contribution in [2.75, 3.05) is 41.5 Å². The molecule has 30 heavy (non-hydrogen) atoms. The second kappa shape index (κ2) is 13.1. The Morgan fingerprint density at radius 2 is 1.67 bits per heavy atom. The molecule has 0 heterocycles. The van der Waals surface area contributed by atoms with Crippen molar-refractivity contribution in [3.8, 4) is 17.2 Å². The number of methoxy groups -OCH3 is 3. The third-order valence-corrected chi connectivity index (χ3v) is 4.46. The molecule has 0 aliphatic rings. The minimum absolute atomic E-state index is 0. The zero-order valence-corrected chi connectivity index (χ0v) is 20.5. The minimum atomic E-state index is -0.235. The molecule has 0 saturated heterocycles. The minimum Gasteiger partial charge on any atom is -0.493 e. The van der Waals surface area contributed by atoms with E-state index in [1.54, 1.807) is 33.5 Å². The van der Waals surface area contributed by atoms with E-state index < -0.39 is 0 Å². The van der Waals surface area contributed by atoms with Gasteiger partial charge in [0.1, 0.15) is 5.82 Å². The number of benzene rings is 2. The van der Waals surface area contributed by atoms with Gasteiger partial charge in [-0.2, -0.15) is 0 Å². The van der Waals surface area contributed by atoms with E-state index in [1.165, 1.54) is 12.1 Å². The van der Waals surface area contributed by atoms with Gasteiger partial charge in [-0.05, 0) is 37.1 Å². The van der Waals surface area contributed by atoms with Crippen molar-refractivity contribution < 1.29 is 18.6 Å². The molecule has 0 fully saturated rings. The summed E-state index contributed by atoms with van der Waals surface area (Å²) in [6.07, 6.45) is 0.683. The van der Waals surface area contributed by atoms with Crippen molar-refractivity contribution in [3.63, 3.8) is 0 Å². The Morgan fingerprint density at radius 3 is 2.23 bits per heavy atom. The number of nitrogens with one attached hydrogen (secondary N) is 1. The molecule has 0 bridgehead atoms. The Kier molecular flexibility index (Phi) is 11.3. The average Bonchev–Trinajstić information content (AvgIpc) is 2.73. The quantitative estimate of drug-likeness (QED) is 0.300. The Morgan fingerprint density at radius 1 is 1.00 bits per heavy atom. The first-order chi connectivity index (χ1) is 14.0. The van der Waals surface area contributed by atoms with E-state index in [2.05, 4.69) is 5.32 Å². The number of rotatable bonds is 9. The van der Waals surface area contributed by atoms with Crippen LogP contribution in [0.1, 0.15) is 18.1 Å². The molecule has 166 valence electrons.